The molecule has 0 radical (unpaired) electrons. The molecule has 0 aromatic rings. The van der Waals surface area contributed by atoms with Crippen molar-refractivity contribution in [2.24, 2.45) is 5.92 Å². The monoisotopic (exact) mass is 126 g/mol. The summed E-state index contributed by atoms with van der Waals surface area (Å²) in [6.45, 7) is 0.215. The molecule has 0 fully saturated rings. The van der Waals surface area contributed by atoms with Crippen LogP contribution in [-0.2, 0) is 0 Å². The maximum Gasteiger partial charge on any atom is 0.0678 e. The third kappa shape index (κ3) is 1.40. The van der Waals surface area contributed by atoms with Crippen LogP contribution in [0.4, 0.5) is 0 Å². The van der Waals surface area contributed by atoms with Gasteiger partial charge in [-0.05, 0) is 5.57 Å². The summed E-state index contributed by atoms with van der Waals surface area (Å²) in [5.41, 5.74) is 0.897. The predicted molar refractivity (Wildman–Crippen MR) is 34.9 cm³/mol. The molecule has 0 amide bonds. The molecule has 2 N–H and O–H groups in total. The molecule has 0 bridgehead atoms. The average Bonchev–Trinajstić information content (AvgIpc) is 2.34. The second-order valence-corrected chi connectivity index (χ2v) is 2.11. The van der Waals surface area contributed by atoms with Crippen molar-refractivity contribution < 1.29 is 10.2 Å². The fraction of sp³-hybridized carbons (Fsp3) is 0.429. The van der Waals surface area contributed by atoms with Gasteiger partial charge < -0.3 is 10.2 Å². The van der Waals surface area contributed by atoms with Crippen molar-refractivity contribution in [2.45, 2.75) is 0 Å². The largest absolute Gasteiger partial charge is 0.395 e. The summed E-state index contributed by atoms with van der Waals surface area (Å²) in [7, 11) is 0. The number of hydrogen-bond donors (Lipinski definition) is 2. The highest BCUT2D eigenvalue weighted by Gasteiger charge is 2.05. The fourth-order valence-electron chi connectivity index (χ4n) is 0.852. The molecule has 0 saturated heterocycles. The van der Waals surface area contributed by atoms with E-state index in [-0.39, 0.29) is 19.1 Å². The quantitative estimate of drug-likeness (QED) is 0.550. The van der Waals surface area contributed by atoms with Crippen molar-refractivity contribution >= 4 is 0 Å². The molecule has 0 spiro atoms. The van der Waals surface area contributed by atoms with Gasteiger partial charge in [-0.25, -0.2) is 0 Å². The molecule has 9 heavy (non-hydrogen) atoms. The van der Waals surface area contributed by atoms with E-state index in [0.29, 0.717) is 0 Å². The molecular formula is C7H10O2. The standard InChI is InChI=1S/C7H10O2/c8-4-6-1-2-7(3-6)5-9/h1-3,6,8-9H,4-5H2. The topological polar surface area (TPSA) is 40.5 Å². The molecule has 1 unspecified atom stereocenters. The van der Waals surface area contributed by atoms with Crippen molar-refractivity contribution in [3.63, 3.8) is 0 Å². The minimum Gasteiger partial charge on any atom is -0.395 e. The van der Waals surface area contributed by atoms with Crippen LogP contribution in [-0.4, -0.2) is 23.4 Å². The van der Waals surface area contributed by atoms with E-state index >= 15 is 0 Å². The van der Waals surface area contributed by atoms with Crippen molar-refractivity contribution in [3.05, 3.63) is 23.8 Å². The van der Waals surface area contributed by atoms with E-state index in [1.54, 1.807) is 0 Å². The summed E-state index contributed by atoms with van der Waals surface area (Å²) in [6.07, 6.45) is 5.58. The van der Waals surface area contributed by atoms with Gasteiger partial charge in [-0.1, -0.05) is 18.2 Å². The molecule has 0 aromatic carbocycles. The highest BCUT2D eigenvalue weighted by Crippen LogP contribution is 2.13. The van der Waals surface area contributed by atoms with Gasteiger partial charge in [0.25, 0.3) is 0 Å². The molecule has 1 atom stereocenters. The SMILES string of the molecule is OCC1=CC(CO)C=C1. The van der Waals surface area contributed by atoms with Crippen LogP contribution in [0.2, 0.25) is 0 Å². The maximum absolute atomic E-state index is 8.60. The Hall–Kier alpha value is -0.600. The van der Waals surface area contributed by atoms with Crippen molar-refractivity contribution in [1.29, 1.82) is 0 Å². The fourth-order valence-corrected chi connectivity index (χ4v) is 0.852. The molecule has 0 saturated carbocycles. The van der Waals surface area contributed by atoms with E-state index in [1.807, 2.05) is 18.2 Å². The van der Waals surface area contributed by atoms with E-state index in [9.17, 15) is 0 Å². The van der Waals surface area contributed by atoms with Crippen molar-refractivity contribution in [3.8, 4) is 0 Å². The minimum atomic E-state index is 0.0764. The molecule has 0 aromatic heterocycles. The molecular weight excluding hydrogens is 116 g/mol. The van der Waals surface area contributed by atoms with Gasteiger partial charge in [0, 0.05) is 5.92 Å². The summed E-state index contributed by atoms with van der Waals surface area (Å²) in [4.78, 5) is 0. The first-order chi connectivity index (χ1) is 4.36. The van der Waals surface area contributed by atoms with Crippen molar-refractivity contribution in [2.75, 3.05) is 13.2 Å². The van der Waals surface area contributed by atoms with E-state index in [1.165, 1.54) is 0 Å². The predicted octanol–water partition coefficient (Wildman–Crippen LogP) is 0.0834. The second kappa shape index (κ2) is 2.80. The zero-order valence-corrected chi connectivity index (χ0v) is 5.12. The summed E-state index contributed by atoms with van der Waals surface area (Å²) in [6, 6.07) is 0. The average molecular weight is 126 g/mol. The Balaban J connectivity index is 2.52. The van der Waals surface area contributed by atoms with Gasteiger partial charge in [-0.15, -0.1) is 0 Å². The highest BCUT2D eigenvalue weighted by molar-refractivity contribution is 5.29. The molecule has 1 aliphatic carbocycles. The summed E-state index contributed by atoms with van der Waals surface area (Å²) < 4.78 is 0. The lowest BCUT2D eigenvalue weighted by Gasteiger charge is -1.94. The lowest BCUT2D eigenvalue weighted by atomic mass is 10.2. The Morgan fingerprint density at radius 3 is 2.56 bits per heavy atom. The number of hydrogen-bond acceptors (Lipinski definition) is 2. The van der Waals surface area contributed by atoms with E-state index in [0.717, 1.165) is 5.57 Å². The van der Waals surface area contributed by atoms with Crippen LogP contribution in [0.5, 0.6) is 0 Å². The van der Waals surface area contributed by atoms with Crippen LogP contribution in [0.15, 0.2) is 23.8 Å². The number of aliphatic hydroxyl groups excluding tert-OH is 2. The van der Waals surface area contributed by atoms with Crippen molar-refractivity contribution in [1.82, 2.24) is 0 Å². The van der Waals surface area contributed by atoms with Crippen LogP contribution in [0.25, 0.3) is 0 Å². The van der Waals surface area contributed by atoms with Crippen LogP contribution < -0.4 is 0 Å². The zero-order chi connectivity index (χ0) is 6.69. The zero-order valence-electron chi connectivity index (χ0n) is 5.12. The van der Waals surface area contributed by atoms with E-state index < -0.39 is 0 Å². The Morgan fingerprint density at radius 1 is 1.44 bits per heavy atom. The Morgan fingerprint density at radius 2 is 2.22 bits per heavy atom. The summed E-state index contributed by atoms with van der Waals surface area (Å²) >= 11 is 0. The van der Waals surface area contributed by atoms with E-state index in [2.05, 4.69) is 0 Å². The maximum atomic E-state index is 8.60. The van der Waals surface area contributed by atoms with Gasteiger partial charge in [-0.3, -0.25) is 0 Å². The van der Waals surface area contributed by atoms with Gasteiger partial charge in [0.1, 0.15) is 0 Å². The Labute approximate surface area is 54.1 Å². The lowest BCUT2D eigenvalue weighted by Crippen LogP contribution is -1.94. The molecule has 0 heterocycles. The van der Waals surface area contributed by atoms with Gasteiger partial charge in [0.15, 0.2) is 0 Å². The number of rotatable bonds is 2. The Kier molecular flexibility index (Phi) is 2.03. The minimum absolute atomic E-state index is 0.0764. The van der Waals surface area contributed by atoms with Gasteiger partial charge in [-0.2, -0.15) is 0 Å². The first kappa shape index (κ1) is 6.52. The second-order valence-electron chi connectivity index (χ2n) is 2.11. The van der Waals surface area contributed by atoms with Crippen LogP contribution in [0, 0.1) is 5.92 Å². The van der Waals surface area contributed by atoms with Crippen LogP contribution in [0.1, 0.15) is 0 Å². The van der Waals surface area contributed by atoms with E-state index in [4.69, 9.17) is 10.2 Å². The first-order valence-electron chi connectivity index (χ1n) is 2.97. The first-order valence-corrected chi connectivity index (χ1v) is 2.97. The molecule has 0 aliphatic heterocycles. The third-order valence-electron chi connectivity index (χ3n) is 1.38. The van der Waals surface area contributed by atoms with Gasteiger partial charge >= 0.3 is 0 Å². The van der Waals surface area contributed by atoms with Crippen LogP contribution >= 0.6 is 0 Å². The molecule has 2 nitrogen and oxygen atoms in total. The van der Waals surface area contributed by atoms with Gasteiger partial charge in [0.05, 0.1) is 13.2 Å². The summed E-state index contributed by atoms with van der Waals surface area (Å²) in [5, 5.41) is 17.2. The van der Waals surface area contributed by atoms with Crippen LogP contribution in [0.3, 0.4) is 0 Å². The molecule has 2 heteroatoms. The van der Waals surface area contributed by atoms with Gasteiger partial charge in [0.2, 0.25) is 0 Å². The molecule has 1 aliphatic rings. The normalized spacial score (nSPS) is 24.7. The molecule has 1 rings (SSSR count). The highest BCUT2D eigenvalue weighted by atomic mass is 16.3. The third-order valence-corrected chi connectivity index (χ3v) is 1.38. The molecule has 50 valence electrons. The summed E-state index contributed by atoms with van der Waals surface area (Å²) in [5.74, 6) is 0.132. The lowest BCUT2D eigenvalue weighted by molar-refractivity contribution is 0.274. The smallest absolute Gasteiger partial charge is 0.0678 e. The Bertz CT molecular complexity index is 147. The number of aliphatic hydroxyl groups is 2.